The number of nitrogens with zero attached hydrogens (tertiary/aromatic N) is 3. The molecule has 3 rings (SSSR count). The van der Waals surface area contributed by atoms with Gasteiger partial charge in [0.25, 0.3) is 5.91 Å². The van der Waals surface area contributed by atoms with E-state index >= 15 is 0 Å². The van der Waals surface area contributed by atoms with Crippen molar-refractivity contribution >= 4 is 17.5 Å². The maximum atomic E-state index is 12.4. The quantitative estimate of drug-likeness (QED) is 0.741. The lowest BCUT2D eigenvalue weighted by atomic mass is 9.94. The molecule has 0 aliphatic carbocycles. The Kier molecular flexibility index (Phi) is 7.32. The van der Waals surface area contributed by atoms with Gasteiger partial charge in [0.05, 0.1) is 29.2 Å². The number of benzene rings is 1. The predicted octanol–water partition coefficient (Wildman–Crippen LogP) is 4.26. The Morgan fingerprint density at radius 1 is 1.23 bits per heavy atom. The van der Waals surface area contributed by atoms with E-state index in [9.17, 15) is 4.79 Å². The zero-order valence-corrected chi connectivity index (χ0v) is 19.0. The van der Waals surface area contributed by atoms with Gasteiger partial charge in [0.2, 0.25) is 0 Å². The van der Waals surface area contributed by atoms with E-state index in [1.807, 2.05) is 6.92 Å². The number of carbonyl (C=O) groups excluding carboxylic acids is 1. The molecule has 0 unspecified atom stereocenters. The van der Waals surface area contributed by atoms with Crippen LogP contribution >= 0.6 is 11.6 Å². The molecule has 0 atom stereocenters. The molecule has 1 fully saturated rings. The third kappa shape index (κ3) is 6.67. The number of nitrogens with one attached hydrogen (secondary N) is 1. The summed E-state index contributed by atoms with van der Waals surface area (Å²) in [5.41, 5.74) is 2.34. The van der Waals surface area contributed by atoms with Crippen LogP contribution in [0, 0.1) is 12.3 Å². The number of piperidine rings is 1. The molecule has 1 saturated heterocycles. The summed E-state index contributed by atoms with van der Waals surface area (Å²) >= 11 is 6.41. The molecule has 30 heavy (non-hydrogen) atoms. The Morgan fingerprint density at radius 2 is 1.97 bits per heavy atom. The van der Waals surface area contributed by atoms with E-state index in [1.165, 1.54) is 0 Å². The Labute approximate surface area is 184 Å². The van der Waals surface area contributed by atoms with Gasteiger partial charge in [0, 0.05) is 31.4 Å². The van der Waals surface area contributed by atoms with Crippen molar-refractivity contribution in [3.63, 3.8) is 0 Å². The normalized spacial score (nSPS) is 15.8. The summed E-state index contributed by atoms with van der Waals surface area (Å²) in [6.45, 7) is 12.1. The van der Waals surface area contributed by atoms with E-state index in [4.69, 9.17) is 16.3 Å². The van der Waals surface area contributed by atoms with E-state index in [-0.39, 0.29) is 12.0 Å². The Bertz CT molecular complexity index is 856. The lowest BCUT2D eigenvalue weighted by Crippen LogP contribution is -2.42. The van der Waals surface area contributed by atoms with E-state index in [0.29, 0.717) is 34.0 Å². The number of aryl methyl sites for hydroxylation is 1. The molecule has 0 bridgehead atoms. The van der Waals surface area contributed by atoms with Gasteiger partial charge in [-0.25, -0.2) is 0 Å². The molecule has 0 spiro atoms. The van der Waals surface area contributed by atoms with Crippen molar-refractivity contribution in [2.45, 2.75) is 53.2 Å². The van der Waals surface area contributed by atoms with E-state index in [1.54, 1.807) is 30.6 Å². The van der Waals surface area contributed by atoms with Crippen LogP contribution < -0.4 is 10.1 Å². The molecule has 2 heterocycles. The van der Waals surface area contributed by atoms with Gasteiger partial charge in [-0.2, -0.15) is 0 Å². The van der Waals surface area contributed by atoms with Gasteiger partial charge >= 0.3 is 0 Å². The highest BCUT2D eigenvalue weighted by molar-refractivity contribution is 6.32. The molecule has 0 radical (unpaired) electrons. The SMILES string of the molecule is Cc1cnc(CNC(=O)c2ccc(OC3CCN(CC(C)(C)C)CC3)c(Cl)c2)cn1. The monoisotopic (exact) mass is 430 g/mol. The van der Waals surface area contributed by atoms with Crippen LogP contribution in [0.1, 0.15) is 55.4 Å². The third-order valence-corrected chi connectivity index (χ3v) is 5.28. The molecule has 1 amide bonds. The largest absolute Gasteiger partial charge is 0.489 e. The van der Waals surface area contributed by atoms with Crippen LogP contribution in [-0.2, 0) is 6.54 Å². The summed E-state index contributed by atoms with van der Waals surface area (Å²) in [6.07, 6.45) is 5.45. The van der Waals surface area contributed by atoms with Crippen molar-refractivity contribution in [3.05, 3.63) is 52.6 Å². The van der Waals surface area contributed by atoms with Crippen molar-refractivity contribution in [2.24, 2.45) is 5.41 Å². The first kappa shape index (κ1) is 22.5. The Hall–Kier alpha value is -2.18. The van der Waals surface area contributed by atoms with Crippen LogP contribution in [0.25, 0.3) is 0 Å². The molecule has 1 aliphatic rings. The Balaban J connectivity index is 1.51. The van der Waals surface area contributed by atoms with E-state index in [0.717, 1.165) is 38.2 Å². The number of hydrogen-bond acceptors (Lipinski definition) is 5. The van der Waals surface area contributed by atoms with Crippen LogP contribution in [-0.4, -0.2) is 46.5 Å². The third-order valence-electron chi connectivity index (χ3n) is 4.98. The zero-order valence-electron chi connectivity index (χ0n) is 18.2. The van der Waals surface area contributed by atoms with E-state index in [2.05, 4.69) is 41.0 Å². The number of halogens is 1. The molecule has 0 saturated carbocycles. The standard InChI is InChI=1S/C23H31ClN4O2/c1-16-12-26-18(13-25-16)14-27-22(29)17-5-6-21(20(24)11-17)30-19-7-9-28(10-8-19)15-23(2,3)4/h5-6,11-13,19H,7-10,14-15H2,1-4H3,(H,27,29). The van der Waals surface area contributed by atoms with Crippen molar-refractivity contribution < 1.29 is 9.53 Å². The molecule has 1 aromatic heterocycles. The maximum Gasteiger partial charge on any atom is 0.251 e. The highest BCUT2D eigenvalue weighted by Gasteiger charge is 2.24. The van der Waals surface area contributed by atoms with Crippen molar-refractivity contribution in [1.82, 2.24) is 20.2 Å². The van der Waals surface area contributed by atoms with Gasteiger partial charge in [-0.3, -0.25) is 14.8 Å². The molecule has 7 heteroatoms. The summed E-state index contributed by atoms with van der Waals surface area (Å²) in [6, 6.07) is 5.18. The smallest absolute Gasteiger partial charge is 0.251 e. The number of aromatic nitrogens is 2. The molecule has 1 aromatic carbocycles. The second-order valence-corrected chi connectivity index (χ2v) is 9.54. The second kappa shape index (κ2) is 9.75. The average molecular weight is 431 g/mol. The second-order valence-electron chi connectivity index (χ2n) is 9.13. The number of carbonyl (C=O) groups is 1. The van der Waals surface area contributed by atoms with Gasteiger partial charge in [0.15, 0.2) is 0 Å². The van der Waals surface area contributed by atoms with Gasteiger partial charge in [-0.05, 0) is 43.4 Å². The number of amides is 1. The predicted molar refractivity (Wildman–Crippen MR) is 119 cm³/mol. The summed E-state index contributed by atoms with van der Waals surface area (Å²) < 4.78 is 6.13. The van der Waals surface area contributed by atoms with E-state index < -0.39 is 0 Å². The summed E-state index contributed by atoms with van der Waals surface area (Å²) in [5, 5.41) is 3.29. The average Bonchev–Trinajstić information content (AvgIpc) is 2.69. The summed E-state index contributed by atoms with van der Waals surface area (Å²) in [4.78, 5) is 23.3. The topological polar surface area (TPSA) is 67.3 Å². The minimum atomic E-state index is -0.207. The van der Waals surface area contributed by atoms with Crippen LogP contribution in [0.4, 0.5) is 0 Å². The number of hydrogen-bond donors (Lipinski definition) is 1. The molecular weight excluding hydrogens is 400 g/mol. The van der Waals surface area contributed by atoms with Crippen LogP contribution in [0.3, 0.4) is 0 Å². The van der Waals surface area contributed by atoms with Crippen molar-refractivity contribution in [1.29, 1.82) is 0 Å². The lowest BCUT2D eigenvalue weighted by molar-refractivity contribution is 0.0811. The van der Waals surface area contributed by atoms with Gasteiger partial charge in [0.1, 0.15) is 11.9 Å². The zero-order chi connectivity index (χ0) is 21.7. The summed E-state index contributed by atoms with van der Waals surface area (Å²) in [5.74, 6) is 0.424. The highest BCUT2D eigenvalue weighted by Crippen LogP contribution is 2.29. The Morgan fingerprint density at radius 3 is 2.57 bits per heavy atom. The first-order chi connectivity index (χ1) is 14.2. The van der Waals surface area contributed by atoms with Crippen molar-refractivity contribution in [3.8, 4) is 5.75 Å². The fraction of sp³-hybridized carbons (Fsp3) is 0.522. The first-order valence-electron chi connectivity index (χ1n) is 10.4. The first-order valence-corrected chi connectivity index (χ1v) is 10.8. The van der Waals surface area contributed by atoms with Crippen LogP contribution in [0.15, 0.2) is 30.6 Å². The maximum absolute atomic E-state index is 12.4. The molecule has 1 aliphatic heterocycles. The molecule has 2 aromatic rings. The number of rotatable bonds is 6. The van der Waals surface area contributed by atoms with Crippen LogP contribution in [0.5, 0.6) is 5.75 Å². The minimum absolute atomic E-state index is 0.151. The fourth-order valence-electron chi connectivity index (χ4n) is 3.56. The molecule has 1 N–H and O–H groups in total. The van der Waals surface area contributed by atoms with Gasteiger partial charge in [-0.15, -0.1) is 0 Å². The molecule has 6 nitrogen and oxygen atoms in total. The van der Waals surface area contributed by atoms with Gasteiger partial charge in [-0.1, -0.05) is 32.4 Å². The lowest BCUT2D eigenvalue weighted by Gasteiger charge is -2.36. The summed E-state index contributed by atoms with van der Waals surface area (Å²) in [7, 11) is 0. The van der Waals surface area contributed by atoms with Gasteiger partial charge < -0.3 is 15.0 Å². The minimum Gasteiger partial charge on any atom is -0.489 e. The van der Waals surface area contributed by atoms with Crippen LogP contribution in [0.2, 0.25) is 5.02 Å². The van der Waals surface area contributed by atoms with Crippen molar-refractivity contribution in [2.75, 3.05) is 19.6 Å². The molecular formula is C23H31ClN4O2. The highest BCUT2D eigenvalue weighted by atomic mass is 35.5. The fourth-order valence-corrected chi connectivity index (χ4v) is 3.78. The number of likely N-dealkylation sites (tertiary alicyclic amines) is 1. The molecule has 162 valence electrons. The number of ether oxygens (including phenoxy) is 1.